The molecule has 0 unspecified atom stereocenters. The van der Waals surface area contributed by atoms with Crippen LogP contribution in [-0.4, -0.2) is 39.5 Å². The number of thiazole rings is 1. The molecule has 21 heavy (non-hydrogen) atoms. The van der Waals surface area contributed by atoms with Gasteiger partial charge in [0.05, 0.1) is 5.69 Å². The van der Waals surface area contributed by atoms with E-state index in [1.165, 1.54) is 17.8 Å². The van der Waals surface area contributed by atoms with E-state index in [0.29, 0.717) is 5.92 Å². The fraction of sp³-hybridized carbons (Fsp3) is 0.533. The molecule has 0 amide bonds. The minimum absolute atomic E-state index is 0.519. The van der Waals surface area contributed by atoms with Gasteiger partial charge in [0.1, 0.15) is 11.6 Å². The molecule has 0 radical (unpaired) electrons. The second kappa shape index (κ2) is 6.07. The number of aromatic nitrogens is 3. The molecule has 2 aromatic rings. The Morgan fingerprint density at radius 3 is 2.90 bits per heavy atom. The summed E-state index contributed by atoms with van der Waals surface area (Å²) < 4.78 is 0. The van der Waals surface area contributed by atoms with E-state index in [-0.39, 0.29) is 0 Å². The predicted octanol–water partition coefficient (Wildman–Crippen LogP) is 3.10. The van der Waals surface area contributed by atoms with E-state index in [1.807, 2.05) is 13.1 Å². The minimum atomic E-state index is 0.519. The van der Waals surface area contributed by atoms with Crippen molar-refractivity contribution in [2.75, 3.05) is 25.0 Å². The number of nitrogens with zero attached hydrogens (tertiary/aromatic N) is 4. The molecule has 0 saturated carbocycles. The zero-order valence-corrected chi connectivity index (χ0v) is 13.6. The smallest absolute Gasteiger partial charge is 0.188 e. The molecular weight excluding hydrogens is 282 g/mol. The van der Waals surface area contributed by atoms with Gasteiger partial charge in [-0.05, 0) is 33.4 Å². The molecule has 1 aliphatic rings. The maximum Gasteiger partial charge on any atom is 0.188 e. The molecule has 0 aromatic carbocycles. The first kappa shape index (κ1) is 14.4. The first-order chi connectivity index (χ1) is 10.1. The van der Waals surface area contributed by atoms with Crippen LogP contribution in [0.25, 0.3) is 0 Å². The highest BCUT2D eigenvalue weighted by Gasteiger charge is 2.24. The molecule has 0 aliphatic carbocycles. The molecule has 1 fully saturated rings. The lowest BCUT2D eigenvalue weighted by Gasteiger charge is -2.14. The summed E-state index contributed by atoms with van der Waals surface area (Å²) in [6.45, 7) is 9.60. The Bertz CT molecular complexity index is 624. The third-order valence-corrected chi connectivity index (χ3v) is 4.68. The van der Waals surface area contributed by atoms with E-state index < -0.39 is 0 Å². The first-order valence-electron chi connectivity index (χ1n) is 7.41. The van der Waals surface area contributed by atoms with Crippen LogP contribution < -0.4 is 5.32 Å². The van der Waals surface area contributed by atoms with Crippen molar-refractivity contribution in [3.63, 3.8) is 0 Å². The largest absolute Gasteiger partial charge is 0.316 e. The summed E-state index contributed by atoms with van der Waals surface area (Å²) in [4.78, 5) is 17.1. The Morgan fingerprint density at radius 1 is 1.38 bits per heavy atom. The van der Waals surface area contributed by atoms with Gasteiger partial charge >= 0.3 is 0 Å². The summed E-state index contributed by atoms with van der Waals surface area (Å²) in [6, 6.07) is 2.08. The van der Waals surface area contributed by atoms with Crippen LogP contribution in [0.4, 0.5) is 10.9 Å². The van der Waals surface area contributed by atoms with E-state index in [1.54, 1.807) is 11.3 Å². The summed E-state index contributed by atoms with van der Waals surface area (Å²) in [5, 5.41) is 4.18. The number of anilines is 2. The van der Waals surface area contributed by atoms with Gasteiger partial charge < -0.3 is 10.2 Å². The van der Waals surface area contributed by atoms with Crippen molar-refractivity contribution in [2.45, 2.75) is 33.1 Å². The van der Waals surface area contributed by atoms with Crippen LogP contribution in [0.5, 0.6) is 0 Å². The number of likely N-dealkylation sites (tertiary alicyclic amines) is 1. The number of rotatable bonds is 4. The fourth-order valence-electron chi connectivity index (χ4n) is 2.75. The summed E-state index contributed by atoms with van der Waals surface area (Å²) in [5.41, 5.74) is 1.15. The Hall–Kier alpha value is -1.53. The molecular formula is C15H21N5S. The quantitative estimate of drug-likeness (QED) is 0.940. The topological polar surface area (TPSA) is 53.9 Å². The molecule has 1 aliphatic heterocycles. The van der Waals surface area contributed by atoms with Crippen LogP contribution in [0.2, 0.25) is 0 Å². The highest BCUT2D eigenvalue weighted by Crippen LogP contribution is 2.28. The molecule has 112 valence electrons. The Labute approximate surface area is 129 Å². The number of aryl methyl sites for hydroxylation is 2. The van der Waals surface area contributed by atoms with Gasteiger partial charge in [0.25, 0.3) is 0 Å². The molecule has 0 spiro atoms. The SMILES string of the molecule is CCN1CC[C@@H](c2cc(Nc3ncc(C)s3)nc(C)n2)C1. The van der Waals surface area contributed by atoms with Crippen LogP contribution in [0, 0.1) is 13.8 Å². The second-order valence-electron chi connectivity index (χ2n) is 5.51. The van der Waals surface area contributed by atoms with E-state index in [2.05, 4.69) is 45.1 Å². The molecule has 1 atom stereocenters. The molecule has 2 aromatic heterocycles. The van der Waals surface area contributed by atoms with Gasteiger partial charge in [0, 0.05) is 29.6 Å². The zero-order valence-electron chi connectivity index (χ0n) is 12.8. The van der Waals surface area contributed by atoms with Crippen LogP contribution in [0.1, 0.15) is 35.7 Å². The Balaban J connectivity index is 1.79. The Morgan fingerprint density at radius 2 is 2.24 bits per heavy atom. The lowest BCUT2D eigenvalue weighted by atomic mass is 10.0. The number of hydrogen-bond donors (Lipinski definition) is 1. The van der Waals surface area contributed by atoms with Gasteiger partial charge in [-0.15, -0.1) is 11.3 Å². The predicted molar refractivity (Wildman–Crippen MR) is 86.4 cm³/mol. The van der Waals surface area contributed by atoms with Gasteiger partial charge in [0.15, 0.2) is 5.13 Å². The number of likely N-dealkylation sites (N-methyl/N-ethyl adjacent to an activating group) is 1. The van der Waals surface area contributed by atoms with Crippen LogP contribution in [-0.2, 0) is 0 Å². The maximum atomic E-state index is 4.64. The molecule has 3 heterocycles. The molecule has 6 heteroatoms. The Kier molecular flexibility index (Phi) is 4.17. The normalized spacial score (nSPS) is 19.1. The van der Waals surface area contributed by atoms with Gasteiger partial charge in [-0.25, -0.2) is 15.0 Å². The second-order valence-corrected chi connectivity index (χ2v) is 6.74. The standard InChI is InChI=1S/C15H21N5S/c1-4-20-6-5-12(9-20)13-7-14(18-11(3)17-13)19-15-16-8-10(2)21-15/h7-8,12H,4-6,9H2,1-3H3,(H,16,17,18,19)/t12-/m1/s1. The first-order valence-corrected chi connectivity index (χ1v) is 8.23. The van der Waals surface area contributed by atoms with E-state index in [4.69, 9.17) is 0 Å². The van der Waals surface area contributed by atoms with Gasteiger partial charge in [-0.3, -0.25) is 0 Å². The zero-order chi connectivity index (χ0) is 14.8. The van der Waals surface area contributed by atoms with E-state index >= 15 is 0 Å². The van der Waals surface area contributed by atoms with Crippen LogP contribution >= 0.6 is 11.3 Å². The summed E-state index contributed by atoms with van der Waals surface area (Å²) in [5.74, 6) is 2.19. The summed E-state index contributed by atoms with van der Waals surface area (Å²) in [6.07, 6.45) is 3.05. The van der Waals surface area contributed by atoms with Crippen molar-refractivity contribution in [3.8, 4) is 0 Å². The fourth-order valence-corrected chi connectivity index (χ4v) is 3.42. The third kappa shape index (κ3) is 3.39. The third-order valence-electron chi connectivity index (χ3n) is 3.85. The molecule has 1 saturated heterocycles. The van der Waals surface area contributed by atoms with Gasteiger partial charge in [-0.1, -0.05) is 6.92 Å². The lowest BCUT2D eigenvalue weighted by molar-refractivity contribution is 0.353. The average Bonchev–Trinajstić information content (AvgIpc) is 3.07. The average molecular weight is 303 g/mol. The monoisotopic (exact) mass is 303 g/mol. The van der Waals surface area contributed by atoms with Gasteiger partial charge in [0.2, 0.25) is 0 Å². The van der Waals surface area contributed by atoms with Crippen molar-refractivity contribution in [3.05, 3.63) is 28.7 Å². The van der Waals surface area contributed by atoms with Crippen molar-refractivity contribution >= 4 is 22.3 Å². The van der Waals surface area contributed by atoms with E-state index in [9.17, 15) is 0 Å². The number of hydrogen-bond acceptors (Lipinski definition) is 6. The minimum Gasteiger partial charge on any atom is -0.316 e. The van der Waals surface area contributed by atoms with Crippen molar-refractivity contribution in [1.82, 2.24) is 19.9 Å². The van der Waals surface area contributed by atoms with Gasteiger partial charge in [-0.2, -0.15) is 0 Å². The maximum absolute atomic E-state index is 4.64. The van der Waals surface area contributed by atoms with Crippen LogP contribution in [0.15, 0.2) is 12.3 Å². The number of nitrogens with one attached hydrogen (secondary N) is 1. The highest BCUT2D eigenvalue weighted by molar-refractivity contribution is 7.15. The highest BCUT2D eigenvalue weighted by atomic mass is 32.1. The van der Waals surface area contributed by atoms with Crippen molar-refractivity contribution < 1.29 is 0 Å². The lowest BCUT2D eigenvalue weighted by Crippen LogP contribution is -2.19. The molecule has 0 bridgehead atoms. The molecule has 3 rings (SSSR count). The summed E-state index contributed by atoms with van der Waals surface area (Å²) in [7, 11) is 0. The van der Waals surface area contributed by atoms with Crippen LogP contribution in [0.3, 0.4) is 0 Å². The van der Waals surface area contributed by atoms with Crippen molar-refractivity contribution in [2.24, 2.45) is 0 Å². The van der Waals surface area contributed by atoms with E-state index in [0.717, 1.165) is 35.6 Å². The molecule has 1 N–H and O–H groups in total. The van der Waals surface area contributed by atoms with Crippen molar-refractivity contribution in [1.29, 1.82) is 0 Å². The summed E-state index contributed by atoms with van der Waals surface area (Å²) >= 11 is 1.64. The molecule has 5 nitrogen and oxygen atoms in total.